The second-order valence-electron chi connectivity index (χ2n) is 15.9. The Kier molecular flexibility index (Phi) is 10.7. The largest absolute Gasteiger partial charge is 0.396 e. The van der Waals surface area contributed by atoms with Crippen LogP contribution in [0.25, 0.3) is 101 Å². The van der Waals surface area contributed by atoms with Gasteiger partial charge in [0.05, 0.1) is 39.5 Å². The zero-order chi connectivity index (χ0) is 42.0. The van der Waals surface area contributed by atoms with Crippen molar-refractivity contribution in [1.29, 1.82) is 0 Å². The van der Waals surface area contributed by atoms with E-state index >= 15 is 0 Å². The number of aliphatic hydroxyl groups is 2. The van der Waals surface area contributed by atoms with Crippen LogP contribution in [0.5, 0.6) is 0 Å². The van der Waals surface area contributed by atoms with Crippen LogP contribution in [0, 0.1) is 0 Å². The fourth-order valence-corrected chi connectivity index (χ4v) is 9.10. The number of pyridine rings is 1. The van der Waals surface area contributed by atoms with Gasteiger partial charge < -0.3 is 19.8 Å². The van der Waals surface area contributed by atoms with E-state index in [4.69, 9.17) is 15.0 Å². The number of unbranched alkanes of at least 4 members (excludes halogenated alkanes) is 1. The molecule has 7 heteroatoms. The van der Waals surface area contributed by atoms with E-state index in [1.807, 2.05) is 12.1 Å². The molecule has 7 nitrogen and oxygen atoms in total. The average molecular weight is 810 g/mol. The first-order valence-electron chi connectivity index (χ1n) is 21.5. The number of benzene rings is 4. The number of aryl methyl sites for hydroxylation is 3. The van der Waals surface area contributed by atoms with Crippen molar-refractivity contribution in [3.8, 4) is 67.2 Å². The molecule has 10 rings (SSSR count). The van der Waals surface area contributed by atoms with Crippen LogP contribution in [0.2, 0.25) is 0 Å². The van der Waals surface area contributed by atoms with Crippen LogP contribution >= 0.6 is 0 Å². The number of aromatic amines is 1. The van der Waals surface area contributed by atoms with Crippen LogP contribution in [0.15, 0.2) is 152 Å². The molecule has 0 unspecified atom stereocenters. The molecule has 2 aliphatic heterocycles. The lowest BCUT2D eigenvalue weighted by Gasteiger charge is -2.14. The van der Waals surface area contributed by atoms with E-state index in [-0.39, 0.29) is 13.2 Å². The van der Waals surface area contributed by atoms with E-state index < -0.39 is 0 Å². The maximum atomic E-state index is 10.1. The molecule has 62 heavy (non-hydrogen) atoms. The minimum atomic E-state index is 0.0853. The number of hydrogen-bond donors (Lipinski definition) is 3. The zero-order valence-corrected chi connectivity index (χ0v) is 34.7. The molecule has 0 aliphatic carbocycles. The molecule has 0 radical (unpaired) electrons. The topological polar surface area (TPSA) is 99.9 Å². The second-order valence-corrected chi connectivity index (χ2v) is 15.9. The van der Waals surface area contributed by atoms with Crippen molar-refractivity contribution in [3.05, 3.63) is 174 Å². The summed E-state index contributed by atoms with van der Waals surface area (Å²) in [6.45, 7) is 0.214. The summed E-state index contributed by atoms with van der Waals surface area (Å²) in [7, 11) is 2.14. The van der Waals surface area contributed by atoms with E-state index in [0.29, 0.717) is 25.7 Å². The van der Waals surface area contributed by atoms with Gasteiger partial charge in [0.1, 0.15) is 0 Å². The number of rotatable bonds is 11. The number of H-pyrrole nitrogens is 1. The molecular formula is C55H47N5O2. The summed E-state index contributed by atoms with van der Waals surface area (Å²) >= 11 is 0. The lowest BCUT2D eigenvalue weighted by Crippen LogP contribution is -2.03. The maximum absolute atomic E-state index is 10.1. The van der Waals surface area contributed by atoms with E-state index in [9.17, 15) is 10.2 Å². The van der Waals surface area contributed by atoms with Crippen molar-refractivity contribution >= 4 is 34.2 Å². The molecule has 0 saturated carbocycles. The minimum Gasteiger partial charge on any atom is -0.396 e. The molecule has 0 atom stereocenters. The Morgan fingerprint density at radius 1 is 0.468 bits per heavy atom. The summed E-state index contributed by atoms with van der Waals surface area (Å²) in [5.74, 6) is 0. The lowest BCUT2D eigenvalue weighted by molar-refractivity contribution is 0.284. The van der Waals surface area contributed by atoms with E-state index in [1.165, 1.54) is 0 Å². The Balaban J connectivity index is 1.44. The van der Waals surface area contributed by atoms with Crippen molar-refractivity contribution < 1.29 is 10.2 Å². The third-order valence-electron chi connectivity index (χ3n) is 12.1. The third-order valence-corrected chi connectivity index (χ3v) is 12.1. The first kappa shape index (κ1) is 39.0. The van der Waals surface area contributed by atoms with Crippen molar-refractivity contribution in [2.45, 2.75) is 32.1 Å². The second kappa shape index (κ2) is 17.1. The molecule has 6 heterocycles. The fraction of sp³-hybridized carbons (Fsp3) is 0.145. The van der Waals surface area contributed by atoms with Gasteiger partial charge in [-0.2, -0.15) is 0 Å². The van der Waals surface area contributed by atoms with Gasteiger partial charge in [0, 0.05) is 64.8 Å². The van der Waals surface area contributed by atoms with Crippen LogP contribution in [-0.2, 0) is 19.9 Å². The molecule has 0 amide bonds. The molecule has 0 fully saturated rings. The van der Waals surface area contributed by atoms with E-state index in [1.54, 1.807) is 0 Å². The Bertz CT molecular complexity index is 3120. The Morgan fingerprint density at radius 2 is 0.984 bits per heavy atom. The summed E-state index contributed by atoms with van der Waals surface area (Å²) in [6.07, 6.45) is 7.79. The lowest BCUT2D eigenvalue weighted by atomic mass is 9.94. The number of nitrogens with zero attached hydrogens (tertiary/aromatic N) is 4. The monoisotopic (exact) mass is 809 g/mol. The molecule has 8 bridgehead atoms. The number of aromatic nitrogens is 5. The van der Waals surface area contributed by atoms with Gasteiger partial charge in [-0.3, -0.25) is 4.98 Å². The van der Waals surface area contributed by atoms with Crippen molar-refractivity contribution in [2.24, 2.45) is 7.05 Å². The third kappa shape index (κ3) is 7.15. The van der Waals surface area contributed by atoms with Crippen LogP contribution < -0.4 is 0 Å². The number of nitrogens with one attached hydrogen (secondary N) is 1. The van der Waals surface area contributed by atoms with Gasteiger partial charge in [-0.05, 0) is 102 Å². The smallest absolute Gasteiger partial charge is 0.1000 e. The summed E-state index contributed by atoms with van der Waals surface area (Å²) in [6, 6.07) is 53.1. The Morgan fingerprint density at radius 3 is 1.58 bits per heavy atom. The Hall–Kier alpha value is -7.19. The first-order valence-corrected chi connectivity index (χ1v) is 21.5. The van der Waals surface area contributed by atoms with Crippen molar-refractivity contribution in [3.63, 3.8) is 0 Å². The van der Waals surface area contributed by atoms with Crippen molar-refractivity contribution in [1.82, 2.24) is 24.5 Å². The van der Waals surface area contributed by atoms with Crippen molar-refractivity contribution in [2.75, 3.05) is 13.2 Å². The molecule has 3 N–H and O–H groups in total. The minimum absolute atomic E-state index is 0.0853. The molecule has 0 spiro atoms. The highest BCUT2D eigenvalue weighted by Crippen LogP contribution is 2.47. The predicted octanol–water partition coefficient (Wildman–Crippen LogP) is 12.1. The van der Waals surface area contributed by atoms with E-state index in [0.717, 1.165) is 118 Å². The summed E-state index contributed by atoms with van der Waals surface area (Å²) in [5.41, 5.74) is 19.3. The molecule has 4 aromatic carbocycles. The van der Waals surface area contributed by atoms with Gasteiger partial charge in [0.25, 0.3) is 0 Å². The highest BCUT2D eigenvalue weighted by Gasteiger charge is 2.29. The first-order chi connectivity index (χ1) is 30.6. The number of aliphatic hydroxyl groups excluding tert-OH is 2. The quantitative estimate of drug-likeness (QED) is 0.113. The standard InChI is InChI=1S/C55H47N5O2/c1-60-47-31-32-48(60)52(39-23-12-5-13-24-39)53-41-35-40(25-16-34-62)42(26-14-15-33-61)58-54(41)55(59-53)51(38-21-10-4-11-22-38)46-30-28-44(57-46)49(36-17-6-2-7-18-36)43-27-29-45(56-43)50(47)37-19-8-3-9-20-37/h2-13,17-24,27-32,35,57,61-62H,14-16,25-26,33-34H2,1H3. The molecule has 4 aromatic heterocycles. The molecule has 8 aromatic rings. The Labute approximate surface area is 361 Å². The van der Waals surface area contributed by atoms with Gasteiger partial charge in [-0.1, -0.05) is 121 Å². The summed E-state index contributed by atoms with van der Waals surface area (Å²) in [5, 5.41) is 19.8. The van der Waals surface area contributed by atoms with E-state index in [2.05, 4.69) is 168 Å². The average Bonchev–Trinajstić information content (AvgIpc) is 4.14. The van der Waals surface area contributed by atoms with Gasteiger partial charge >= 0.3 is 0 Å². The zero-order valence-electron chi connectivity index (χ0n) is 34.7. The normalized spacial score (nSPS) is 11.9. The molecule has 0 saturated heterocycles. The van der Waals surface area contributed by atoms with Gasteiger partial charge in [0.2, 0.25) is 0 Å². The number of hydrogen-bond acceptors (Lipinski definition) is 5. The summed E-state index contributed by atoms with van der Waals surface area (Å²) < 4.78 is 2.29. The fourth-order valence-electron chi connectivity index (χ4n) is 9.10. The SMILES string of the molecule is Cn1c2ccc1c(-c1ccccc1)c1nc(c(-c3ccccc3)c3ccc([nH]3)c(-c3ccccc3)c3nc(c2-c2ccccc2)C=C3)-c2nc(CCCCO)c(CCCO)cc2-1. The van der Waals surface area contributed by atoms with Gasteiger partial charge in [-0.25, -0.2) is 9.97 Å². The van der Waals surface area contributed by atoms with Crippen LogP contribution in [0.1, 0.15) is 41.9 Å². The summed E-state index contributed by atoms with van der Waals surface area (Å²) in [4.78, 5) is 20.7. The molecule has 2 aliphatic rings. The highest BCUT2D eigenvalue weighted by atomic mass is 16.3. The molecule has 304 valence electrons. The molecular weight excluding hydrogens is 763 g/mol. The highest BCUT2D eigenvalue weighted by molar-refractivity contribution is 6.04. The number of fused-ring (bicyclic) bond motifs is 11. The van der Waals surface area contributed by atoms with Crippen LogP contribution in [-0.4, -0.2) is 47.9 Å². The predicted molar refractivity (Wildman–Crippen MR) is 254 cm³/mol. The van der Waals surface area contributed by atoms with Gasteiger partial charge in [-0.15, -0.1) is 0 Å². The van der Waals surface area contributed by atoms with Crippen LogP contribution in [0.4, 0.5) is 0 Å². The van der Waals surface area contributed by atoms with Crippen LogP contribution in [0.3, 0.4) is 0 Å². The maximum Gasteiger partial charge on any atom is 0.1000 e. The van der Waals surface area contributed by atoms with Gasteiger partial charge in [0.15, 0.2) is 0 Å².